The predicted octanol–water partition coefficient (Wildman–Crippen LogP) is 2.84. The molecule has 0 bridgehead atoms. The molecule has 0 saturated carbocycles. The molecule has 15 heavy (non-hydrogen) atoms. The van der Waals surface area contributed by atoms with Crippen LogP contribution >= 0.6 is 11.6 Å². The fourth-order valence-corrected chi connectivity index (χ4v) is 1.55. The standard InChI is InChI=1S/C11H8ClFO2/c1-6(14)7-4-8-10(15-5-7)3-2-9(12)11(8)13/h2-4H,5H2,1H3. The third kappa shape index (κ3) is 1.75. The Morgan fingerprint density at radius 3 is 2.93 bits per heavy atom. The van der Waals surface area contributed by atoms with Crippen LogP contribution in [0, 0.1) is 5.82 Å². The van der Waals surface area contributed by atoms with E-state index in [-0.39, 0.29) is 23.0 Å². The molecule has 78 valence electrons. The van der Waals surface area contributed by atoms with Crippen LogP contribution in [-0.2, 0) is 4.79 Å². The van der Waals surface area contributed by atoms with E-state index < -0.39 is 5.82 Å². The number of carbonyl (C=O) groups excluding carboxylic acids is 1. The number of ether oxygens (including phenoxy) is 1. The molecule has 2 nitrogen and oxygen atoms in total. The Hall–Kier alpha value is -1.35. The second-order valence-corrected chi connectivity index (χ2v) is 3.69. The Balaban J connectivity index is 2.57. The van der Waals surface area contributed by atoms with E-state index in [1.165, 1.54) is 19.1 Å². The minimum absolute atomic E-state index is 0.0263. The first-order valence-electron chi connectivity index (χ1n) is 4.42. The zero-order chi connectivity index (χ0) is 11.0. The summed E-state index contributed by atoms with van der Waals surface area (Å²) in [5.74, 6) is -0.255. The van der Waals surface area contributed by atoms with Gasteiger partial charge in [-0.1, -0.05) is 11.6 Å². The Labute approximate surface area is 91.3 Å². The van der Waals surface area contributed by atoms with Crippen LogP contribution in [0.2, 0.25) is 5.02 Å². The van der Waals surface area contributed by atoms with E-state index in [0.717, 1.165) is 0 Å². The van der Waals surface area contributed by atoms with Crippen molar-refractivity contribution in [2.75, 3.05) is 6.61 Å². The number of Topliss-reactive ketones (excluding diaryl/α,β-unsaturated/α-hetero) is 1. The van der Waals surface area contributed by atoms with Gasteiger partial charge in [-0.15, -0.1) is 0 Å². The molecule has 1 aliphatic rings. The number of fused-ring (bicyclic) bond motifs is 1. The van der Waals surface area contributed by atoms with E-state index >= 15 is 0 Å². The van der Waals surface area contributed by atoms with Gasteiger partial charge in [0.05, 0.1) is 10.6 Å². The van der Waals surface area contributed by atoms with Crippen LogP contribution in [0.1, 0.15) is 12.5 Å². The SMILES string of the molecule is CC(=O)C1=Cc2c(ccc(Cl)c2F)OC1. The average Bonchev–Trinajstić information content (AvgIpc) is 2.23. The lowest BCUT2D eigenvalue weighted by Gasteiger charge is -2.17. The smallest absolute Gasteiger partial charge is 0.159 e. The summed E-state index contributed by atoms with van der Waals surface area (Å²) < 4.78 is 18.8. The summed E-state index contributed by atoms with van der Waals surface area (Å²) in [7, 11) is 0. The molecule has 0 unspecified atom stereocenters. The molecule has 0 radical (unpaired) electrons. The van der Waals surface area contributed by atoms with Gasteiger partial charge >= 0.3 is 0 Å². The number of hydrogen-bond acceptors (Lipinski definition) is 2. The summed E-state index contributed by atoms with van der Waals surface area (Å²) in [6.45, 7) is 1.60. The van der Waals surface area contributed by atoms with E-state index in [9.17, 15) is 9.18 Å². The van der Waals surface area contributed by atoms with Crippen LogP contribution in [0.5, 0.6) is 5.75 Å². The summed E-state index contributed by atoms with van der Waals surface area (Å²) in [5, 5.41) is 0.0263. The maximum atomic E-state index is 13.6. The molecule has 0 amide bonds. The third-order valence-corrected chi connectivity index (χ3v) is 2.54. The molecular weight excluding hydrogens is 219 g/mol. The summed E-state index contributed by atoms with van der Waals surface area (Å²) >= 11 is 5.63. The molecule has 0 N–H and O–H groups in total. The van der Waals surface area contributed by atoms with Crippen LogP contribution in [0.4, 0.5) is 4.39 Å². The number of benzene rings is 1. The van der Waals surface area contributed by atoms with Crippen molar-refractivity contribution in [3.8, 4) is 5.75 Å². The van der Waals surface area contributed by atoms with E-state index in [1.54, 1.807) is 6.07 Å². The third-order valence-electron chi connectivity index (χ3n) is 2.25. The highest BCUT2D eigenvalue weighted by Gasteiger charge is 2.18. The summed E-state index contributed by atoms with van der Waals surface area (Å²) in [6.07, 6.45) is 1.49. The minimum Gasteiger partial charge on any atom is -0.488 e. The van der Waals surface area contributed by atoms with E-state index in [0.29, 0.717) is 11.3 Å². The first-order chi connectivity index (χ1) is 7.09. The lowest BCUT2D eigenvalue weighted by atomic mass is 10.0. The van der Waals surface area contributed by atoms with Crippen LogP contribution in [0.25, 0.3) is 6.08 Å². The van der Waals surface area contributed by atoms with Crippen molar-refractivity contribution in [3.63, 3.8) is 0 Å². The Bertz CT molecular complexity index is 466. The maximum Gasteiger partial charge on any atom is 0.159 e. The largest absolute Gasteiger partial charge is 0.488 e. The number of rotatable bonds is 1. The van der Waals surface area contributed by atoms with Gasteiger partial charge in [-0.05, 0) is 25.1 Å². The van der Waals surface area contributed by atoms with Gasteiger partial charge in [0.25, 0.3) is 0 Å². The first-order valence-corrected chi connectivity index (χ1v) is 4.79. The molecule has 0 saturated heterocycles. The van der Waals surface area contributed by atoms with Crippen molar-refractivity contribution in [1.29, 1.82) is 0 Å². The fourth-order valence-electron chi connectivity index (χ4n) is 1.38. The quantitative estimate of drug-likeness (QED) is 0.736. The Morgan fingerprint density at radius 1 is 1.53 bits per heavy atom. The van der Waals surface area contributed by atoms with E-state index in [4.69, 9.17) is 16.3 Å². The number of carbonyl (C=O) groups is 1. The van der Waals surface area contributed by atoms with Crippen LogP contribution in [-0.4, -0.2) is 12.4 Å². The van der Waals surface area contributed by atoms with Crippen LogP contribution in [0.3, 0.4) is 0 Å². The van der Waals surface area contributed by atoms with Crippen LogP contribution < -0.4 is 4.74 Å². The molecule has 0 fully saturated rings. The highest BCUT2D eigenvalue weighted by molar-refractivity contribution is 6.31. The van der Waals surface area contributed by atoms with Crippen molar-refractivity contribution in [2.24, 2.45) is 0 Å². The zero-order valence-electron chi connectivity index (χ0n) is 8.01. The van der Waals surface area contributed by atoms with Gasteiger partial charge in [-0.25, -0.2) is 4.39 Å². The molecule has 1 heterocycles. The van der Waals surface area contributed by atoms with Gasteiger partial charge in [-0.3, -0.25) is 4.79 Å². The predicted molar refractivity (Wildman–Crippen MR) is 55.6 cm³/mol. The summed E-state index contributed by atoms with van der Waals surface area (Å²) in [5.41, 5.74) is 0.697. The minimum atomic E-state index is -0.549. The highest BCUT2D eigenvalue weighted by atomic mass is 35.5. The number of hydrogen-bond donors (Lipinski definition) is 0. The normalized spacial score (nSPS) is 13.9. The second kappa shape index (κ2) is 3.66. The van der Waals surface area contributed by atoms with Crippen molar-refractivity contribution in [3.05, 3.63) is 34.1 Å². The number of ketones is 1. The van der Waals surface area contributed by atoms with Gasteiger partial charge in [0, 0.05) is 5.57 Å². The molecule has 1 aromatic rings. The van der Waals surface area contributed by atoms with Crippen molar-refractivity contribution < 1.29 is 13.9 Å². The molecule has 4 heteroatoms. The van der Waals surface area contributed by atoms with Gasteiger partial charge < -0.3 is 4.74 Å². The molecular formula is C11H8ClFO2. The van der Waals surface area contributed by atoms with E-state index in [2.05, 4.69) is 0 Å². The fraction of sp³-hybridized carbons (Fsp3) is 0.182. The molecule has 1 aromatic carbocycles. The average molecular weight is 227 g/mol. The van der Waals surface area contributed by atoms with Gasteiger partial charge in [0.1, 0.15) is 12.4 Å². The topological polar surface area (TPSA) is 26.3 Å². The summed E-state index contributed by atoms with van der Waals surface area (Å²) in [6, 6.07) is 3.02. The monoisotopic (exact) mass is 226 g/mol. The molecule has 0 spiro atoms. The number of halogens is 2. The molecule has 0 atom stereocenters. The van der Waals surface area contributed by atoms with Gasteiger partial charge in [-0.2, -0.15) is 0 Å². The lowest BCUT2D eigenvalue weighted by molar-refractivity contribution is -0.113. The van der Waals surface area contributed by atoms with Gasteiger partial charge in [0.2, 0.25) is 0 Å². The Kier molecular flexibility index (Phi) is 2.49. The highest BCUT2D eigenvalue weighted by Crippen LogP contribution is 2.32. The van der Waals surface area contributed by atoms with Crippen molar-refractivity contribution in [1.82, 2.24) is 0 Å². The first kappa shape index (κ1) is 10.2. The van der Waals surface area contributed by atoms with E-state index in [1.807, 2.05) is 0 Å². The van der Waals surface area contributed by atoms with Crippen LogP contribution in [0.15, 0.2) is 17.7 Å². The van der Waals surface area contributed by atoms with Gasteiger partial charge in [0.15, 0.2) is 11.6 Å². The molecule has 2 rings (SSSR count). The maximum absolute atomic E-state index is 13.6. The molecule has 0 aliphatic carbocycles. The molecule has 0 aromatic heterocycles. The Morgan fingerprint density at radius 2 is 2.27 bits per heavy atom. The lowest BCUT2D eigenvalue weighted by Crippen LogP contribution is -2.13. The van der Waals surface area contributed by atoms with Crippen molar-refractivity contribution in [2.45, 2.75) is 6.92 Å². The summed E-state index contributed by atoms with van der Waals surface area (Å²) in [4.78, 5) is 11.1. The zero-order valence-corrected chi connectivity index (χ0v) is 8.77. The molecule has 1 aliphatic heterocycles. The second-order valence-electron chi connectivity index (χ2n) is 3.29. The van der Waals surface area contributed by atoms with Crippen molar-refractivity contribution >= 4 is 23.5 Å².